The van der Waals surface area contributed by atoms with Crippen LogP contribution in [-0.2, 0) is 13.0 Å². The lowest BCUT2D eigenvalue weighted by Crippen LogP contribution is -2.37. The summed E-state index contributed by atoms with van der Waals surface area (Å²) < 4.78 is 1.87. The number of rotatable bonds is 6. The Bertz CT molecular complexity index is 821. The molecular weight excluding hydrogens is 332 g/mol. The van der Waals surface area contributed by atoms with Gasteiger partial charge in [0.15, 0.2) is 5.96 Å². The van der Waals surface area contributed by atoms with E-state index in [0.29, 0.717) is 6.54 Å². The molecule has 7 heteroatoms. The van der Waals surface area contributed by atoms with Crippen LogP contribution in [0.5, 0.6) is 0 Å². The molecule has 130 valence electrons. The van der Waals surface area contributed by atoms with Crippen LogP contribution in [0.4, 0.5) is 0 Å². The molecule has 2 N–H and O–H groups in total. The minimum atomic E-state index is 0.621. The molecule has 0 spiro atoms. The van der Waals surface area contributed by atoms with Gasteiger partial charge in [-0.25, -0.2) is 9.67 Å². The van der Waals surface area contributed by atoms with E-state index in [1.807, 2.05) is 53.5 Å². The fraction of sp³-hybridized carbons (Fsp3) is 0.278. The van der Waals surface area contributed by atoms with Gasteiger partial charge >= 0.3 is 0 Å². The summed E-state index contributed by atoms with van der Waals surface area (Å²) in [7, 11) is 1.77. The fourth-order valence-electron chi connectivity index (χ4n) is 2.38. The zero-order valence-corrected chi connectivity index (χ0v) is 15.3. The van der Waals surface area contributed by atoms with Crippen molar-refractivity contribution in [3.8, 4) is 5.69 Å². The first-order valence-electron chi connectivity index (χ1n) is 8.20. The zero-order valence-electron chi connectivity index (χ0n) is 14.4. The van der Waals surface area contributed by atoms with Crippen molar-refractivity contribution >= 4 is 17.3 Å². The Balaban J connectivity index is 1.47. The normalized spacial score (nSPS) is 11.5. The van der Waals surface area contributed by atoms with Gasteiger partial charge in [0, 0.05) is 37.3 Å². The van der Waals surface area contributed by atoms with E-state index in [1.165, 1.54) is 4.88 Å². The lowest BCUT2D eigenvalue weighted by atomic mass is 10.3. The summed E-state index contributed by atoms with van der Waals surface area (Å²) in [5, 5.41) is 12.3. The summed E-state index contributed by atoms with van der Waals surface area (Å²) in [4.78, 5) is 9.86. The molecule has 3 rings (SSSR count). The number of aryl methyl sites for hydroxylation is 1. The second-order valence-corrected chi connectivity index (χ2v) is 6.87. The second-order valence-electron chi connectivity index (χ2n) is 5.55. The highest BCUT2D eigenvalue weighted by Crippen LogP contribution is 2.11. The number of nitrogens with zero attached hydrogens (tertiary/aromatic N) is 4. The molecule has 0 saturated carbocycles. The number of para-hydroxylation sites is 1. The van der Waals surface area contributed by atoms with E-state index in [0.717, 1.165) is 35.3 Å². The Morgan fingerprint density at radius 2 is 2.04 bits per heavy atom. The Morgan fingerprint density at radius 3 is 2.76 bits per heavy atom. The highest BCUT2D eigenvalue weighted by Gasteiger charge is 2.04. The Kier molecular flexibility index (Phi) is 5.79. The summed E-state index contributed by atoms with van der Waals surface area (Å²) in [6, 6.07) is 12.1. The molecule has 0 saturated heterocycles. The predicted molar refractivity (Wildman–Crippen MR) is 102 cm³/mol. The van der Waals surface area contributed by atoms with Crippen molar-refractivity contribution in [3.63, 3.8) is 0 Å². The Labute approximate surface area is 151 Å². The van der Waals surface area contributed by atoms with Crippen molar-refractivity contribution in [1.82, 2.24) is 25.4 Å². The van der Waals surface area contributed by atoms with Gasteiger partial charge in [0.1, 0.15) is 0 Å². The number of aromatic nitrogens is 3. The van der Waals surface area contributed by atoms with E-state index < -0.39 is 0 Å². The van der Waals surface area contributed by atoms with E-state index in [-0.39, 0.29) is 0 Å². The first-order valence-corrected chi connectivity index (χ1v) is 9.02. The van der Waals surface area contributed by atoms with Gasteiger partial charge in [-0.2, -0.15) is 5.10 Å². The molecule has 1 aromatic carbocycles. The average Bonchev–Trinajstić information content (AvgIpc) is 3.28. The van der Waals surface area contributed by atoms with Crippen LogP contribution in [0.25, 0.3) is 5.69 Å². The molecule has 0 aliphatic heterocycles. The third kappa shape index (κ3) is 4.90. The number of aliphatic imine (C=N–C) groups is 1. The molecule has 2 aromatic heterocycles. The molecular formula is C18H22N6S. The van der Waals surface area contributed by atoms with Crippen LogP contribution in [0.3, 0.4) is 0 Å². The molecule has 0 fully saturated rings. The quantitative estimate of drug-likeness (QED) is 0.527. The number of benzene rings is 1. The van der Waals surface area contributed by atoms with Gasteiger partial charge in [-0.05, 0) is 25.1 Å². The van der Waals surface area contributed by atoms with Crippen LogP contribution in [0, 0.1) is 6.92 Å². The number of nitrogens with one attached hydrogen (secondary N) is 2. The van der Waals surface area contributed by atoms with Crippen molar-refractivity contribution in [2.45, 2.75) is 19.9 Å². The van der Waals surface area contributed by atoms with Crippen LogP contribution in [-0.4, -0.2) is 34.3 Å². The highest BCUT2D eigenvalue weighted by molar-refractivity contribution is 7.11. The zero-order chi connectivity index (χ0) is 17.5. The lowest BCUT2D eigenvalue weighted by Gasteiger charge is -2.10. The maximum Gasteiger partial charge on any atom is 0.191 e. The van der Waals surface area contributed by atoms with Crippen molar-refractivity contribution in [2.75, 3.05) is 13.6 Å². The topological polar surface area (TPSA) is 67.1 Å². The summed E-state index contributed by atoms with van der Waals surface area (Å²) in [5.74, 6) is 0.766. The lowest BCUT2D eigenvalue weighted by molar-refractivity contribution is 0.762. The van der Waals surface area contributed by atoms with E-state index in [4.69, 9.17) is 0 Å². The molecule has 0 amide bonds. The van der Waals surface area contributed by atoms with E-state index in [2.05, 4.69) is 32.6 Å². The largest absolute Gasteiger partial charge is 0.356 e. The molecule has 0 unspecified atom stereocenters. The molecule has 0 aliphatic rings. The smallest absolute Gasteiger partial charge is 0.191 e. The fourth-order valence-corrected chi connectivity index (χ4v) is 3.17. The highest BCUT2D eigenvalue weighted by atomic mass is 32.1. The first kappa shape index (κ1) is 17.2. The van der Waals surface area contributed by atoms with Gasteiger partial charge in [0.2, 0.25) is 0 Å². The van der Waals surface area contributed by atoms with Crippen molar-refractivity contribution < 1.29 is 0 Å². The van der Waals surface area contributed by atoms with Gasteiger partial charge in [-0.3, -0.25) is 4.99 Å². The first-order chi connectivity index (χ1) is 12.2. The summed E-state index contributed by atoms with van der Waals surface area (Å²) in [6.45, 7) is 3.49. The molecule has 0 atom stereocenters. The van der Waals surface area contributed by atoms with Gasteiger partial charge < -0.3 is 10.6 Å². The van der Waals surface area contributed by atoms with E-state index in [9.17, 15) is 0 Å². The second kappa shape index (κ2) is 8.43. The molecule has 0 bridgehead atoms. The van der Waals surface area contributed by atoms with Crippen LogP contribution in [0.1, 0.15) is 15.6 Å². The summed E-state index contributed by atoms with van der Waals surface area (Å²) in [6.07, 6.45) is 4.77. The van der Waals surface area contributed by atoms with Gasteiger partial charge in [0.05, 0.1) is 22.9 Å². The Hall–Kier alpha value is -2.67. The third-order valence-corrected chi connectivity index (χ3v) is 4.60. The van der Waals surface area contributed by atoms with Crippen molar-refractivity contribution in [2.24, 2.45) is 4.99 Å². The SMILES string of the molecule is CN=C(NCCc1ncc(C)s1)NCc1ccn(-c2ccccc2)n1. The number of hydrogen-bond acceptors (Lipinski definition) is 4. The molecule has 0 aliphatic carbocycles. The predicted octanol–water partition coefficient (Wildman–Crippen LogP) is 2.54. The van der Waals surface area contributed by atoms with Crippen LogP contribution in [0.2, 0.25) is 0 Å². The van der Waals surface area contributed by atoms with Crippen LogP contribution in [0.15, 0.2) is 53.8 Å². The maximum absolute atomic E-state index is 4.58. The minimum absolute atomic E-state index is 0.621. The van der Waals surface area contributed by atoms with Crippen molar-refractivity contribution in [3.05, 3.63) is 64.4 Å². The monoisotopic (exact) mass is 354 g/mol. The van der Waals surface area contributed by atoms with Gasteiger partial charge in [0.25, 0.3) is 0 Å². The maximum atomic E-state index is 4.58. The number of hydrogen-bond donors (Lipinski definition) is 2. The summed E-state index contributed by atoms with van der Waals surface area (Å²) >= 11 is 1.73. The third-order valence-electron chi connectivity index (χ3n) is 3.63. The number of thiazole rings is 1. The van der Waals surface area contributed by atoms with Crippen LogP contribution < -0.4 is 10.6 Å². The standard InChI is InChI=1S/C18H22N6S/c1-14-12-21-17(25-14)8-10-20-18(19-2)22-13-15-9-11-24(23-15)16-6-4-3-5-7-16/h3-7,9,11-12H,8,10,13H2,1-2H3,(H2,19,20,22). The van der Waals surface area contributed by atoms with Gasteiger partial charge in [-0.1, -0.05) is 18.2 Å². The molecule has 2 heterocycles. The average molecular weight is 354 g/mol. The van der Waals surface area contributed by atoms with Crippen molar-refractivity contribution in [1.29, 1.82) is 0 Å². The molecule has 0 radical (unpaired) electrons. The Morgan fingerprint density at radius 1 is 1.20 bits per heavy atom. The van der Waals surface area contributed by atoms with Gasteiger partial charge in [-0.15, -0.1) is 11.3 Å². The van der Waals surface area contributed by atoms with Crippen LogP contribution >= 0.6 is 11.3 Å². The van der Waals surface area contributed by atoms with E-state index in [1.54, 1.807) is 18.4 Å². The molecule has 6 nitrogen and oxygen atoms in total. The molecule has 25 heavy (non-hydrogen) atoms. The minimum Gasteiger partial charge on any atom is -0.356 e. The molecule has 3 aromatic rings. The van der Waals surface area contributed by atoms with E-state index >= 15 is 0 Å². The number of guanidine groups is 1. The summed E-state index contributed by atoms with van der Waals surface area (Å²) in [5.41, 5.74) is 2.01.